The molecular weight excluding hydrogens is 276 g/mol. The standard InChI is InChI=1S/C17H24N4O/c1-21-8-4-6-15(21)12-18-10-14-11-19-20-17(14)13-5-3-7-16(9-13)22-2/h3,5,7,9,11,15,18H,4,6,8,10,12H2,1-2H3,(H,19,20)/t15-/m1/s1. The number of nitrogens with zero attached hydrogens (tertiary/aromatic N) is 2. The van der Waals surface area contributed by atoms with Gasteiger partial charge in [0.15, 0.2) is 0 Å². The maximum atomic E-state index is 5.30. The van der Waals surface area contributed by atoms with Crippen molar-refractivity contribution in [1.82, 2.24) is 20.4 Å². The van der Waals surface area contributed by atoms with E-state index in [1.165, 1.54) is 24.9 Å². The van der Waals surface area contributed by atoms with Crippen molar-refractivity contribution in [3.8, 4) is 17.0 Å². The fraction of sp³-hybridized carbons (Fsp3) is 0.471. The second kappa shape index (κ2) is 6.94. The molecule has 0 bridgehead atoms. The van der Waals surface area contributed by atoms with Crippen LogP contribution in [0.4, 0.5) is 0 Å². The summed E-state index contributed by atoms with van der Waals surface area (Å²) in [7, 11) is 3.89. The fourth-order valence-corrected chi connectivity index (χ4v) is 3.08. The summed E-state index contributed by atoms with van der Waals surface area (Å²) in [5.41, 5.74) is 3.35. The quantitative estimate of drug-likeness (QED) is 0.859. The second-order valence-electron chi connectivity index (χ2n) is 5.91. The molecule has 1 atom stereocenters. The van der Waals surface area contributed by atoms with Gasteiger partial charge in [-0.05, 0) is 38.6 Å². The van der Waals surface area contributed by atoms with Crippen LogP contribution in [0.15, 0.2) is 30.5 Å². The summed E-state index contributed by atoms with van der Waals surface area (Å²) in [4.78, 5) is 2.44. The van der Waals surface area contributed by atoms with Gasteiger partial charge in [-0.2, -0.15) is 5.10 Å². The number of ether oxygens (including phenoxy) is 1. The molecule has 0 unspecified atom stereocenters. The number of likely N-dealkylation sites (tertiary alicyclic amines) is 1. The van der Waals surface area contributed by atoms with Crippen molar-refractivity contribution in [2.24, 2.45) is 0 Å². The molecule has 0 saturated carbocycles. The Morgan fingerprint density at radius 1 is 1.45 bits per heavy atom. The summed E-state index contributed by atoms with van der Waals surface area (Å²) in [6.45, 7) is 3.07. The number of H-pyrrole nitrogens is 1. The van der Waals surface area contributed by atoms with Crippen LogP contribution in [0.3, 0.4) is 0 Å². The minimum Gasteiger partial charge on any atom is -0.497 e. The molecule has 2 aromatic rings. The molecule has 0 amide bonds. The molecule has 0 radical (unpaired) electrons. The van der Waals surface area contributed by atoms with Gasteiger partial charge in [0, 0.05) is 30.3 Å². The third-order valence-electron chi connectivity index (χ3n) is 4.44. The van der Waals surface area contributed by atoms with Crippen LogP contribution in [0.5, 0.6) is 5.75 Å². The molecule has 1 fully saturated rings. The molecule has 5 nitrogen and oxygen atoms in total. The Morgan fingerprint density at radius 3 is 3.14 bits per heavy atom. The van der Waals surface area contributed by atoms with Crippen LogP contribution >= 0.6 is 0 Å². The van der Waals surface area contributed by atoms with Crippen molar-refractivity contribution in [2.75, 3.05) is 27.2 Å². The third-order valence-corrected chi connectivity index (χ3v) is 4.44. The molecule has 0 spiro atoms. The van der Waals surface area contributed by atoms with E-state index in [9.17, 15) is 0 Å². The SMILES string of the molecule is COc1cccc(-c2[nH]ncc2CNC[C@H]2CCCN2C)c1. The van der Waals surface area contributed by atoms with E-state index in [1.807, 2.05) is 24.4 Å². The average molecular weight is 300 g/mol. The van der Waals surface area contributed by atoms with Crippen molar-refractivity contribution >= 4 is 0 Å². The van der Waals surface area contributed by atoms with Crippen molar-refractivity contribution < 1.29 is 4.74 Å². The van der Waals surface area contributed by atoms with Gasteiger partial charge in [0.1, 0.15) is 5.75 Å². The molecule has 2 heterocycles. The van der Waals surface area contributed by atoms with Gasteiger partial charge in [0.25, 0.3) is 0 Å². The van der Waals surface area contributed by atoms with Gasteiger partial charge in [-0.1, -0.05) is 12.1 Å². The van der Waals surface area contributed by atoms with E-state index in [0.717, 1.165) is 30.1 Å². The Balaban J connectivity index is 1.64. The van der Waals surface area contributed by atoms with Gasteiger partial charge in [-0.25, -0.2) is 0 Å². The van der Waals surface area contributed by atoms with E-state index in [4.69, 9.17) is 4.74 Å². The highest BCUT2D eigenvalue weighted by atomic mass is 16.5. The molecule has 1 aliphatic heterocycles. The van der Waals surface area contributed by atoms with E-state index < -0.39 is 0 Å². The minimum atomic E-state index is 0.659. The zero-order valence-corrected chi connectivity index (χ0v) is 13.3. The van der Waals surface area contributed by atoms with E-state index in [1.54, 1.807) is 7.11 Å². The van der Waals surface area contributed by atoms with Crippen LogP contribution < -0.4 is 10.1 Å². The zero-order chi connectivity index (χ0) is 15.4. The van der Waals surface area contributed by atoms with Crippen LogP contribution in [0.25, 0.3) is 11.3 Å². The monoisotopic (exact) mass is 300 g/mol. The van der Waals surface area contributed by atoms with Crippen molar-refractivity contribution in [3.63, 3.8) is 0 Å². The highest BCUT2D eigenvalue weighted by Gasteiger charge is 2.20. The van der Waals surface area contributed by atoms with Crippen molar-refractivity contribution in [2.45, 2.75) is 25.4 Å². The number of hydrogen-bond acceptors (Lipinski definition) is 4. The van der Waals surface area contributed by atoms with Gasteiger partial charge >= 0.3 is 0 Å². The minimum absolute atomic E-state index is 0.659. The highest BCUT2D eigenvalue weighted by Crippen LogP contribution is 2.25. The average Bonchev–Trinajstić information content (AvgIpc) is 3.17. The fourth-order valence-electron chi connectivity index (χ4n) is 3.08. The summed E-state index contributed by atoms with van der Waals surface area (Å²) >= 11 is 0. The number of hydrogen-bond donors (Lipinski definition) is 2. The Bertz CT molecular complexity index is 610. The Morgan fingerprint density at radius 2 is 2.36 bits per heavy atom. The first-order chi connectivity index (χ1) is 10.8. The van der Waals surface area contributed by atoms with Crippen molar-refractivity contribution in [1.29, 1.82) is 0 Å². The number of methoxy groups -OCH3 is 1. The van der Waals surface area contributed by atoms with Gasteiger partial charge in [0.2, 0.25) is 0 Å². The Kier molecular flexibility index (Phi) is 4.75. The lowest BCUT2D eigenvalue weighted by atomic mass is 10.1. The van der Waals surface area contributed by atoms with Gasteiger partial charge in [-0.15, -0.1) is 0 Å². The lowest BCUT2D eigenvalue weighted by molar-refractivity contribution is 0.300. The van der Waals surface area contributed by atoms with E-state index in [2.05, 4.69) is 33.5 Å². The summed E-state index contributed by atoms with van der Waals surface area (Å²) < 4.78 is 5.30. The van der Waals surface area contributed by atoms with Crippen LogP contribution in [0, 0.1) is 0 Å². The second-order valence-corrected chi connectivity index (χ2v) is 5.91. The Hall–Kier alpha value is -1.85. The highest BCUT2D eigenvalue weighted by molar-refractivity contribution is 5.64. The number of aromatic nitrogens is 2. The summed E-state index contributed by atoms with van der Waals surface area (Å²) in [6, 6.07) is 8.71. The third kappa shape index (κ3) is 3.31. The molecule has 1 saturated heterocycles. The molecule has 1 aromatic heterocycles. The van der Waals surface area contributed by atoms with Gasteiger partial charge in [-0.3, -0.25) is 5.10 Å². The Labute approximate surface area is 131 Å². The van der Waals surface area contributed by atoms with Crippen LogP contribution in [0.2, 0.25) is 0 Å². The molecular formula is C17H24N4O. The molecule has 1 aromatic carbocycles. The molecule has 118 valence electrons. The number of rotatable bonds is 6. The largest absolute Gasteiger partial charge is 0.497 e. The molecule has 3 rings (SSSR count). The van der Waals surface area contributed by atoms with Gasteiger partial charge in [0.05, 0.1) is 19.0 Å². The van der Waals surface area contributed by atoms with E-state index >= 15 is 0 Å². The summed E-state index contributed by atoms with van der Waals surface area (Å²) in [6.07, 6.45) is 4.50. The number of aromatic amines is 1. The molecule has 0 aliphatic carbocycles. The number of likely N-dealkylation sites (N-methyl/N-ethyl adjacent to an activating group) is 1. The molecule has 2 N–H and O–H groups in total. The number of nitrogens with one attached hydrogen (secondary N) is 2. The molecule has 22 heavy (non-hydrogen) atoms. The van der Waals surface area contributed by atoms with Crippen LogP contribution in [0.1, 0.15) is 18.4 Å². The predicted octanol–water partition coefficient (Wildman–Crippen LogP) is 2.27. The lowest BCUT2D eigenvalue weighted by Gasteiger charge is -2.19. The van der Waals surface area contributed by atoms with Crippen LogP contribution in [-0.4, -0.2) is 48.4 Å². The predicted molar refractivity (Wildman–Crippen MR) is 87.9 cm³/mol. The normalized spacial score (nSPS) is 18.7. The zero-order valence-electron chi connectivity index (χ0n) is 13.3. The summed E-state index contributed by atoms with van der Waals surface area (Å²) in [5, 5.41) is 10.9. The smallest absolute Gasteiger partial charge is 0.119 e. The first-order valence-corrected chi connectivity index (χ1v) is 7.85. The lowest BCUT2D eigenvalue weighted by Crippen LogP contribution is -2.35. The van der Waals surface area contributed by atoms with Crippen molar-refractivity contribution in [3.05, 3.63) is 36.0 Å². The summed E-state index contributed by atoms with van der Waals surface area (Å²) in [5.74, 6) is 0.860. The molecule has 1 aliphatic rings. The molecule has 5 heteroatoms. The maximum absolute atomic E-state index is 5.30. The topological polar surface area (TPSA) is 53.2 Å². The number of benzene rings is 1. The van der Waals surface area contributed by atoms with E-state index in [-0.39, 0.29) is 0 Å². The first kappa shape index (κ1) is 15.1. The van der Waals surface area contributed by atoms with E-state index in [0.29, 0.717) is 6.04 Å². The maximum Gasteiger partial charge on any atom is 0.119 e. The van der Waals surface area contributed by atoms with Crippen LogP contribution in [-0.2, 0) is 6.54 Å². The van der Waals surface area contributed by atoms with Gasteiger partial charge < -0.3 is 15.0 Å². The first-order valence-electron chi connectivity index (χ1n) is 7.85.